The van der Waals surface area contributed by atoms with E-state index in [1.807, 2.05) is 29.8 Å². The molecule has 1 N–H and O–H groups in total. The molecule has 1 aromatic heterocycles. The standard InChI is InChI=1S/C23H31N2O6PS/c1-4-10-30-22(26)17(3)24-32(28,25-8-12-29-13-9-25)16-18-6-7-20-19(14-18)15-21(33-20)23(27)31-11-5-2/h5-7,14-15,17H,2,4,8-13,16H2,1,3H3,(H,24,28)/t17-,32?/m0/s1. The van der Waals surface area contributed by atoms with Crippen molar-refractivity contribution in [3.8, 4) is 0 Å². The Hall–Kier alpha value is -2.03. The van der Waals surface area contributed by atoms with Crippen LogP contribution in [0.5, 0.6) is 0 Å². The maximum atomic E-state index is 14.2. The molecular weight excluding hydrogens is 463 g/mol. The third kappa shape index (κ3) is 6.74. The van der Waals surface area contributed by atoms with E-state index in [0.717, 1.165) is 22.1 Å². The minimum absolute atomic E-state index is 0.158. The number of nitrogens with zero attached hydrogens (tertiary/aromatic N) is 1. The third-order valence-corrected chi connectivity index (χ3v) is 9.15. The van der Waals surface area contributed by atoms with Gasteiger partial charge in [0.15, 0.2) is 0 Å². The van der Waals surface area contributed by atoms with Crippen molar-refractivity contribution in [1.29, 1.82) is 0 Å². The molecule has 0 spiro atoms. The molecule has 10 heteroatoms. The van der Waals surface area contributed by atoms with Gasteiger partial charge in [-0.3, -0.25) is 9.36 Å². The van der Waals surface area contributed by atoms with Gasteiger partial charge in [-0.15, -0.1) is 11.3 Å². The van der Waals surface area contributed by atoms with Crippen LogP contribution in [0.1, 0.15) is 35.5 Å². The first-order valence-corrected chi connectivity index (χ1v) is 13.7. The molecule has 180 valence electrons. The molecule has 2 atom stereocenters. The van der Waals surface area contributed by atoms with Crippen LogP contribution in [0.25, 0.3) is 10.1 Å². The second kappa shape index (κ2) is 11.9. The number of fused-ring (bicyclic) bond motifs is 1. The van der Waals surface area contributed by atoms with Gasteiger partial charge in [0.2, 0.25) is 7.44 Å². The van der Waals surface area contributed by atoms with Crippen molar-refractivity contribution >= 4 is 40.8 Å². The van der Waals surface area contributed by atoms with Crippen molar-refractivity contribution in [3.05, 3.63) is 47.4 Å². The Kier molecular flexibility index (Phi) is 9.23. The fourth-order valence-corrected chi connectivity index (χ4v) is 7.14. The summed E-state index contributed by atoms with van der Waals surface area (Å²) in [5.41, 5.74) is 0.850. The van der Waals surface area contributed by atoms with E-state index < -0.39 is 25.4 Å². The van der Waals surface area contributed by atoms with Crippen LogP contribution in [0.15, 0.2) is 36.9 Å². The number of nitrogens with one attached hydrogen (secondary N) is 1. The summed E-state index contributed by atoms with van der Waals surface area (Å²) in [6, 6.07) is 6.84. The largest absolute Gasteiger partial charge is 0.465 e. The predicted molar refractivity (Wildman–Crippen MR) is 130 cm³/mol. The number of carbonyl (C=O) groups excluding carboxylic acids is 2. The molecule has 1 saturated heterocycles. The molecule has 3 rings (SSSR count). The second-order valence-corrected chi connectivity index (χ2v) is 11.4. The Morgan fingerprint density at radius 3 is 2.76 bits per heavy atom. The Morgan fingerprint density at radius 2 is 2.06 bits per heavy atom. The molecule has 1 fully saturated rings. The summed E-state index contributed by atoms with van der Waals surface area (Å²) >= 11 is 1.35. The van der Waals surface area contributed by atoms with Crippen LogP contribution in [0.4, 0.5) is 0 Å². The summed E-state index contributed by atoms with van der Waals surface area (Å²) in [6.45, 7) is 9.65. The summed E-state index contributed by atoms with van der Waals surface area (Å²) in [5, 5.41) is 3.97. The van der Waals surface area contributed by atoms with Crippen molar-refractivity contribution < 1.29 is 28.4 Å². The highest BCUT2D eigenvalue weighted by atomic mass is 32.1. The maximum absolute atomic E-state index is 14.2. The molecule has 1 unspecified atom stereocenters. The van der Waals surface area contributed by atoms with Gasteiger partial charge in [-0.05, 0) is 42.5 Å². The maximum Gasteiger partial charge on any atom is 0.348 e. The van der Waals surface area contributed by atoms with Gasteiger partial charge < -0.3 is 14.2 Å². The van der Waals surface area contributed by atoms with Gasteiger partial charge in [0, 0.05) is 17.8 Å². The lowest BCUT2D eigenvalue weighted by Gasteiger charge is -2.36. The van der Waals surface area contributed by atoms with Gasteiger partial charge in [-0.2, -0.15) is 0 Å². The number of hydrogen-bond acceptors (Lipinski definition) is 7. The topological polar surface area (TPSA) is 94.2 Å². The number of ether oxygens (including phenoxy) is 3. The molecule has 2 heterocycles. The lowest BCUT2D eigenvalue weighted by molar-refractivity contribution is -0.145. The lowest BCUT2D eigenvalue weighted by atomic mass is 10.2. The molecule has 0 saturated carbocycles. The van der Waals surface area contributed by atoms with E-state index in [1.165, 1.54) is 17.4 Å². The summed E-state index contributed by atoms with van der Waals surface area (Å²) < 4.78 is 32.8. The van der Waals surface area contributed by atoms with E-state index in [1.54, 1.807) is 13.0 Å². The first-order valence-electron chi connectivity index (χ1n) is 11.0. The molecule has 0 amide bonds. The van der Waals surface area contributed by atoms with Gasteiger partial charge >= 0.3 is 11.9 Å². The zero-order valence-electron chi connectivity index (χ0n) is 19.1. The van der Waals surface area contributed by atoms with Crippen molar-refractivity contribution in [2.24, 2.45) is 0 Å². The molecule has 0 aliphatic carbocycles. The third-order valence-electron chi connectivity index (χ3n) is 5.15. The first-order chi connectivity index (χ1) is 15.9. The second-order valence-electron chi connectivity index (χ2n) is 7.81. The minimum Gasteiger partial charge on any atom is -0.465 e. The zero-order valence-corrected chi connectivity index (χ0v) is 20.8. The number of carbonyl (C=O) groups is 2. The van der Waals surface area contributed by atoms with Crippen LogP contribution in [-0.4, -0.2) is 62.2 Å². The molecule has 1 aliphatic heterocycles. The Morgan fingerprint density at radius 1 is 1.30 bits per heavy atom. The van der Waals surface area contributed by atoms with Crippen LogP contribution in [-0.2, 0) is 29.7 Å². The van der Waals surface area contributed by atoms with Crippen LogP contribution >= 0.6 is 18.8 Å². The number of morpholine rings is 1. The van der Waals surface area contributed by atoms with Crippen molar-refractivity contribution in [1.82, 2.24) is 9.76 Å². The van der Waals surface area contributed by atoms with Crippen molar-refractivity contribution in [2.75, 3.05) is 39.5 Å². The highest BCUT2D eigenvalue weighted by Crippen LogP contribution is 2.50. The van der Waals surface area contributed by atoms with Crippen molar-refractivity contribution in [3.63, 3.8) is 0 Å². The fourth-order valence-electron chi connectivity index (χ4n) is 3.53. The van der Waals surface area contributed by atoms with E-state index in [-0.39, 0.29) is 12.8 Å². The quantitative estimate of drug-likeness (QED) is 0.282. The van der Waals surface area contributed by atoms with Crippen LogP contribution in [0.2, 0.25) is 0 Å². The van der Waals surface area contributed by atoms with Crippen molar-refractivity contribution in [2.45, 2.75) is 32.5 Å². The van der Waals surface area contributed by atoms with E-state index in [0.29, 0.717) is 37.8 Å². The van der Waals surface area contributed by atoms with Crippen LogP contribution in [0, 0.1) is 0 Å². The van der Waals surface area contributed by atoms with Gasteiger partial charge in [-0.25, -0.2) is 14.6 Å². The number of thiophene rings is 1. The van der Waals surface area contributed by atoms with Gasteiger partial charge in [0.25, 0.3) is 0 Å². The highest BCUT2D eigenvalue weighted by Gasteiger charge is 2.35. The average molecular weight is 495 g/mol. The van der Waals surface area contributed by atoms with Gasteiger partial charge in [-0.1, -0.05) is 25.6 Å². The summed E-state index contributed by atoms with van der Waals surface area (Å²) in [4.78, 5) is 25.0. The minimum atomic E-state index is -3.16. The van der Waals surface area contributed by atoms with Crippen LogP contribution < -0.4 is 5.09 Å². The summed E-state index contributed by atoms with van der Waals surface area (Å²) in [7, 11) is -3.16. The molecule has 8 nitrogen and oxygen atoms in total. The number of hydrogen-bond donors (Lipinski definition) is 1. The predicted octanol–water partition coefficient (Wildman–Crippen LogP) is 4.20. The molecule has 2 aromatic rings. The summed E-state index contributed by atoms with van der Waals surface area (Å²) in [5.74, 6) is -0.806. The number of esters is 2. The molecule has 33 heavy (non-hydrogen) atoms. The Labute approximate surface area is 198 Å². The monoisotopic (exact) mass is 494 g/mol. The Bertz CT molecular complexity index is 1030. The van der Waals surface area contributed by atoms with E-state index in [9.17, 15) is 14.2 Å². The average Bonchev–Trinajstić information content (AvgIpc) is 3.25. The Balaban J connectivity index is 1.82. The van der Waals surface area contributed by atoms with Gasteiger partial charge in [0.1, 0.15) is 17.5 Å². The SMILES string of the molecule is C=CCOC(=O)c1cc2cc(CP(=O)(N[C@@H](C)C(=O)OCCC)N3CCOCC3)ccc2s1. The van der Waals surface area contributed by atoms with Crippen LogP contribution in [0.3, 0.4) is 0 Å². The molecule has 0 radical (unpaired) electrons. The van der Waals surface area contributed by atoms with Gasteiger partial charge in [0.05, 0.1) is 26.0 Å². The lowest BCUT2D eigenvalue weighted by Crippen LogP contribution is -2.42. The van der Waals surface area contributed by atoms with E-state index >= 15 is 0 Å². The van der Waals surface area contributed by atoms with E-state index in [2.05, 4.69) is 11.7 Å². The molecule has 1 aliphatic rings. The number of benzene rings is 1. The molecule has 0 bridgehead atoms. The first kappa shape index (κ1) is 25.6. The highest BCUT2D eigenvalue weighted by molar-refractivity contribution is 7.58. The van der Waals surface area contributed by atoms with E-state index in [4.69, 9.17) is 14.2 Å². The zero-order chi connectivity index (χ0) is 23.8. The number of rotatable bonds is 11. The molecule has 1 aromatic carbocycles. The molecular formula is C23H31N2O6PS. The summed E-state index contributed by atoms with van der Waals surface area (Å²) in [6.07, 6.45) is 2.49. The smallest absolute Gasteiger partial charge is 0.348 e. The fraction of sp³-hybridized carbons (Fsp3) is 0.478. The normalized spacial score (nSPS) is 17.3.